The van der Waals surface area contributed by atoms with Gasteiger partial charge in [0.15, 0.2) is 0 Å². The number of hydrogen-bond donors (Lipinski definition) is 1. The number of aromatic nitrogens is 2. The molecule has 0 radical (unpaired) electrons. The van der Waals surface area contributed by atoms with E-state index in [0.29, 0.717) is 50.1 Å². The highest BCUT2D eigenvalue weighted by Crippen LogP contribution is 2.13. The molecule has 1 aromatic heterocycles. The van der Waals surface area contributed by atoms with Crippen molar-refractivity contribution in [3.63, 3.8) is 0 Å². The summed E-state index contributed by atoms with van der Waals surface area (Å²) in [7, 11) is -3.35. The third kappa shape index (κ3) is 6.38. The van der Waals surface area contributed by atoms with Crippen molar-refractivity contribution in [2.45, 2.75) is 12.8 Å². The van der Waals surface area contributed by atoms with Crippen molar-refractivity contribution >= 4 is 33.5 Å². The molecule has 0 unspecified atom stereocenters. The molecule has 1 fully saturated rings. The molecule has 0 atom stereocenters. The first-order valence-corrected chi connectivity index (χ1v) is 11.4. The lowest BCUT2D eigenvalue weighted by Gasteiger charge is -2.33. The molecule has 156 valence electrons. The van der Waals surface area contributed by atoms with Gasteiger partial charge in [-0.3, -0.25) is 4.79 Å². The number of amides is 1. The number of nitrogens with zero attached hydrogens (tertiary/aromatic N) is 4. The maximum Gasteiger partial charge on any atom is 0.225 e. The Bertz CT molecular complexity index is 901. The summed E-state index contributed by atoms with van der Waals surface area (Å²) < 4.78 is 26.6. The van der Waals surface area contributed by atoms with Crippen LogP contribution < -0.4 is 10.2 Å². The SMILES string of the molecule is O=C(Cc1ccc(Cl)cc1)NCCCS(=O)(=O)N1CCN(c2ncccn2)CC1. The highest BCUT2D eigenvalue weighted by molar-refractivity contribution is 7.89. The highest BCUT2D eigenvalue weighted by atomic mass is 35.5. The van der Waals surface area contributed by atoms with E-state index in [9.17, 15) is 13.2 Å². The zero-order valence-corrected chi connectivity index (χ0v) is 17.6. The second-order valence-electron chi connectivity index (χ2n) is 6.76. The van der Waals surface area contributed by atoms with Gasteiger partial charge in [0, 0.05) is 50.1 Å². The Hall–Kier alpha value is -2.23. The molecule has 8 nitrogen and oxygen atoms in total. The fourth-order valence-corrected chi connectivity index (χ4v) is 4.70. The summed E-state index contributed by atoms with van der Waals surface area (Å²) in [5, 5.41) is 3.39. The van der Waals surface area contributed by atoms with Gasteiger partial charge in [-0.15, -0.1) is 0 Å². The average molecular weight is 438 g/mol. The monoisotopic (exact) mass is 437 g/mol. The van der Waals surface area contributed by atoms with Crippen molar-refractivity contribution in [1.29, 1.82) is 0 Å². The molecule has 0 aliphatic carbocycles. The largest absolute Gasteiger partial charge is 0.356 e. The van der Waals surface area contributed by atoms with Crippen molar-refractivity contribution in [2.75, 3.05) is 43.4 Å². The van der Waals surface area contributed by atoms with Gasteiger partial charge in [-0.2, -0.15) is 4.31 Å². The van der Waals surface area contributed by atoms with Gasteiger partial charge in [0.1, 0.15) is 0 Å². The third-order valence-corrected chi connectivity index (χ3v) is 6.85. The Labute approximate surface area is 176 Å². The molecule has 0 bridgehead atoms. The molecule has 10 heteroatoms. The van der Waals surface area contributed by atoms with Crippen LogP contribution in [0.25, 0.3) is 0 Å². The Balaban J connectivity index is 1.38. The van der Waals surface area contributed by atoms with Crippen molar-refractivity contribution in [3.8, 4) is 0 Å². The van der Waals surface area contributed by atoms with E-state index >= 15 is 0 Å². The van der Waals surface area contributed by atoms with E-state index in [1.165, 1.54) is 4.31 Å². The van der Waals surface area contributed by atoms with Gasteiger partial charge in [0.2, 0.25) is 21.9 Å². The van der Waals surface area contributed by atoms with E-state index in [4.69, 9.17) is 11.6 Å². The predicted octanol–water partition coefficient (Wildman–Crippen LogP) is 1.33. The van der Waals surface area contributed by atoms with Crippen LogP contribution in [0.4, 0.5) is 5.95 Å². The van der Waals surface area contributed by atoms with Crippen LogP contribution in [0.15, 0.2) is 42.7 Å². The molecule has 1 aromatic carbocycles. The number of carbonyl (C=O) groups excluding carboxylic acids is 1. The maximum absolute atomic E-state index is 12.5. The van der Waals surface area contributed by atoms with Gasteiger partial charge < -0.3 is 10.2 Å². The number of benzene rings is 1. The quantitative estimate of drug-likeness (QED) is 0.626. The lowest BCUT2D eigenvalue weighted by atomic mass is 10.1. The van der Waals surface area contributed by atoms with Gasteiger partial charge in [-0.05, 0) is 30.2 Å². The second kappa shape index (κ2) is 10.00. The number of halogens is 1. The minimum Gasteiger partial charge on any atom is -0.356 e. The molecular formula is C19H24ClN5O3S. The number of piperazine rings is 1. The molecule has 29 heavy (non-hydrogen) atoms. The van der Waals surface area contributed by atoms with Crippen LogP contribution in [-0.4, -0.2) is 67.1 Å². The lowest BCUT2D eigenvalue weighted by Crippen LogP contribution is -2.49. The first-order chi connectivity index (χ1) is 13.9. The zero-order chi connectivity index (χ0) is 20.7. The third-order valence-electron chi connectivity index (χ3n) is 4.65. The summed E-state index contributed by atoms with van der Waals surface area (Å²) in [6, 6.07) is 8.82. The van der Waals surface area contributed by atoms with E-state index in [2.05, 4.69) is 15.3 Å². The number of nitrogens with one attached hydrogen (secondary N) is 1. The Morgan fingerprint density at radius 2 is 1.72 bits per heavy atom. The molecule has 0 spiro atoms. The van der Waals surface area contributed by atoms with E-state index < -0.39 is 10.0 Å². The van der Waals surface area contributed by atoms with Gasteiger partial charge in [0.05, 0.1) is 12.2 Å². The standard InChI is InChI=1S/C19H24ClN5O3S/c20-17-5-3-16(4-6-17)15-18(26)21-9-2-14-29(27,28)25-12-10-24(11-13-25)19-22-7-1-8-23-19/h1,3-8H,2,9-15H2,(H,21,26). The normalized spacial score (nSPS) is 15.3. The molecule has 1 amide bonds. The average Bonchev–Trinajstić information content (AvgIpc) is 2.74. The number of anilines is 1. The number of sulfonamides is 1. The van der Waals surface area contributed by atoms with E-state index in [1.807, 2.05) is 4.90 Å². The zero-order valence-electron chi connectivity index (χ0n) is 16.0. The molecule has 2 aromatic rings. The highest BCUT2D eigenvalue weighted by Gasteiger charge is 2.27. The maximum atomic E-state index is 12.5. The van der Waals surface area contributed by atoms with Crippen LogP contribution in [0.2, 0.25) is 5.02 Å². The van der Waals surface area contributed by atoms with Crippen LogP contribution in [0.1, 0.15) is 12.0 Å². The summed E-state index contributed by atoms with van der Waals surface area (Å²) in [6.45, 7) is 2.25. The summed E-state index contributed by atoms with van der Waals surface area (Å²) in [5.74, 6) is 0.491. The van der Waals surface area contributed by atoms with Crippen LogP contribution in [-0.2, 0) is 21.2 Å². The van der Waals surface area contributed by atoms with Crippen molar-refractivity contribution < 1.29 is 13.2 Å². The number of rotatable bonds is 8. The molecule has 0 saturated carbocycles. The van der Waals surface area contributed by atoms with E-state index in [0.717, 1.165) is 5.56 Å². The van der Waals surface area contributed by atoms with Crippen LogP contribution in [0.5, 0.6) is 0 Å². The fourth-order valence-electron chi connectivity index (χ4n) is 3.08. The summed E-state index contributed by atoms with van der Waals surface area (Å²) in [5.41, 5.74) is 0.861. The molecule has 2 heterocycles. The Kier molecular flexibility index (Phi) is 7.40. The predicted molar refractivity (Wildman–Crippen MR) is 112 cm³/mol. The summed E-state index contributed by atoms with van der Waals surface area (Å²) in [6.07, 6.45) is 3.96. The topological polar surface area (TPSA) is 95.5 Å². The van der Waals surface area contributed by atoms with E-state index in [-0.39, 0.29) is 18.1 Å². The van der Waals surface area contributed by atoms with Gasteiger partial charge >= 0.3 is 0 Å². The van der Waals surface area contributed by atoms with E-state index in [1.54, 1.807) is 42.7 Å². The van der Waals surface area contributed by atoms with Gasteiger partial charge in [-0.25, -0.2) is 18.4 Å². The molecule has 1 saturated heterocycles. The second-order valence-corrected chi connectivity index (χ2v) is 9.28. The minimum atomic E-state index is -3.35. The summed E-state index contributed by atoms with van der Waals surface area (Å²) >= 11 is 5.83. The first-order valence-electron chi connectivity index (χ1n) is 9.45. The first kappa shape index (κ1) is 21.5. The Morgan fingerprint density at radius 3 is 2.38 bits per heavy atom. The molecule has 1 N–H and O–H groups in total. The Morgan fingerprint density at radius 1 is 1.07 bits per heavy atom. The van der Waals surface area contributed by atoms with Crippen molar-refractivity contribution in [3.05, 3.63) is 53.3 Å². The fraction of sp³-hybridized carbons (Fsp3) is 0.421. The van der Waals surface area contributed by atoms with Crippen molar-refractivity contribution in [2.24, 2.45) is 0 Å². The molecule has 3 rings (SSSR count). The minimum absolute atomic E-state index is 0.00998. The number of hydrogen-bond acceptors (Lipinski definition) is 6. The van der Waals surface area contributed by atoms with Crippen LogP contribution >= 0.6 is 11.6 Å². The molecule has 1 aliphatic rings. The van der Waals surface area contributed by atoms with Crippen LogP contribution in [0, 0.1) is 0 Å². The molecular weight excluding hydrogens is 414 g/mol. The smallest absolute Gasteiger partial charge is 0.225 e. The van der Waals surface area contributed by atoms with Crippen molar-refractivity contribution in [1.82, 2.24) is 19.6 Å². The summed E-state index contributed by atoms with van der Waals surface area (Å²) in [4.78, 5) is 22.4. The van der Waals surface area contributed by atoms with Gasteiger partial charge in [0.25, 0.3) is 0 Å². The lowest BCUT2D eigenvalue weighted by molar-refractivity contribution is -0.120. The number of carbonyl (C=O) groups is 1. The molecule has 1 aliphatic heterocycles. The van der Waals surface area contributed by atoms with Crippen LogP contribution in [0.3, 0.4) is 0 Å². The van der Waals surface area contributed by atoms with Gasteiger partial charge in [-0.1, -0.05) is 23.7 Å².